The number of carbonyl (C=O) groups excluding carboxylic acids is 4. The number of aromatic nitrogens is 2. The summed E-state index contributed by atoms with van der Waals surface area (Å²) in [5.74, 6) is 1.18. The molecule has 1 aromatic heterocycles. The van der Waals surface area contributed by atoms with E-state index >= 15 is 0 Å². The van der Waals surface area contributed by atoms with Crippen LogP contribution >= 0.6 is 0 Å². The average molecular weight is 865 g/mol. The van der Waals surface area contributed by atoms with E-state index in [1.165, 1.54) is 25.3 Å². The van der Waals surface area contributed by atoms with Gasteiger partial charge in [0, 0.05) is 18.7 Å². The zero-order chi connectivity index (χ0) is 44.5. The second-order valence-electron chi connectivity index (χ2n) is 17.8. The number of rotatable bonds is 11. The lowest BCUT2D eigenvalue weighted by Crippen LogP contribution is -2.55. The molecule has 5 atom stereocenters. The van der Waals surface area contributed by atoms with Gasteiger partial charge < -0.3 is 40.2 Å². The Bertz CT molecular complexity index is 2560. The smallest absolute Gasteiger partial charge is 0.407 e. The van der Waals surface area contributed by atoms with E-state index in [1.807, 2.05) is 42.0 Å². The zero-order valence-electron chi connectivity index (χ0n) is 36.8. The van der Waals surface area contributed by atoms with Crippen LogP contribution in [0.1, 0.15) is 74.1 Å². The minimum atomic E-state index is -0.691. The largest absolute Gasteiger partial charge is 0.453 e. The summed E-state index contributed by atoms with van der Waals surface area (Å²) in [4.78, 5) is 69.3. The van der Waals surface area contributed by atoms with Crippen LogP contribution in [0.5, 0.6) is 0 Å². The van der Waals surface area contributed by atoms with Gasteiger partial charge in [0.2, 0.25) is 11.8 Å². The van der Waals surface area contributed by atoms with Gasteiger partial charge in [-0.1, -0.05) is 86.6 Å². The normalized spacial score (nSPS) is 20.5. The maximum absolute atomic E-state index is 14.3. The summed E-state index contributed by atoms with van der Waals surface area (Å²) in [6.07, 6.45) is 5.38. The highest BCUT2D eigenvalue weighted by atomic mass is 16.5. The Morgan fingerprint density at radius 3 is 2.02 bits per heavy atom. The number of likely N-dealkylation sites (tertiary alicyclic amines) is 2. The van der Waals surface area contributed by atoms with Gasteiger partial charge in [0.15, 0.2) is 0 Å². The number of benzene rings is 4. The summed E-state index contributed by atoms with van der Waals surface area (Å²) >= 11 is 0. The second kappa shape index (κ2) is 18.2. The van der Waals surface area contributed by atoms with Crippen molar-refractivity contribution in [1.29, 1.82) is 0 Å². The van der Waals surface area contributed by atoms with Crippen LogP contribution in [0.2, 0.25) is 0 Å². The van der Waals surface area contributed by atoms with Crippen molar-refractivity contribution in [3.05, 3.63) is 114 Å². The number of carbonyl (C=O) groups is 4. The first kappa shape index (κ1) is 42.6. The summed E-state index contributed by atoms with van der Waals surface area (Å²) < 4.78 is 9.74. The highest BCUT2D eigenvalue weighted by molar-refractivity contribution is 5.96. The van der Waals surface area contributed by atoms with E-state index < -0.39 is 24.3 Å². The fourth-order valence-corrected chi connectivity index (χ4v) is 10.1. The molecule has 14 heteroatoms. The molecule has 2 saturated heterocycles. The van der Waals surface area contributed by atoms with Crippen molar-refractivity contribution in [2.45, 2.75) is 82.6 Å². The minimum absolute atomic E-state index is 0.00860. The third-order valence-corrected chi connectivity index (χ3v) is 13.5. The van der Waals surface area contributed by atoms with Crippen molar-refractivity contribution < 1.29 is 28.7 Å². The molecule has 1 aliphatic carbocycles. The van der Waals surface area contributed by atoms with Crippen LogP contribution in [-0.2, 0) is 31.9 Å². The highest BCUT2D eigenvalue weighted by Gasteiger charge is 2.43. The highest BCUT2D eigenvalue weighted by Crippen LogP contribution is 2.35. The van der Waals surface area contributed by atoms with Crippen molar-refractivity contribution in [2.75, 3.05) is 33.9 Å². The van der Waals surface area contributed by atoms with Crippen LogP contribution in [-0.4, -0.2) is 102 Å². The number of methoxy groups -OCH3 is 2. The van der Waals surface area contributed by atoms with E-state index in [0.29, 0.717) is 19.6 Å². The number of ether oxygens (including phenoxy) is 2. The molecule has 3 aliphatic heterocycles. The SMILES string of the molecule is COC(=O)N[C@H](C(=O)N1CCCC1c1ncc(-c2ccc3cc(-c4ccc(C5CN=C(C6CCCN6C(=O)[C@@H](NC(=O)OC)C6Cc7ccccc7C6)N5)cc4)ccc3c2)[nH]1)C(C)C. The Morgan fingerprint density at radius 2 is 1.34 bits per heavy atom. The van der Waals surface area contributed by atoms with E-state index in [9.17, 15) is 19.2 Å². The summed E-state index contributed by atoms with van der Waals surface area (Å²) in [5.41, 5.74) is 7.66. The maximum Gasteiger partial charge on any atom is 0.407 e. The fraction of sp³-hybridized carbons (Fsp3) is 0.400. The molecule has 3 unspecified atom stereocenters. The molecule has 0 radical (unpaired) electrons. The molecule has 14 nitrogen and oxygen atoms in total. The maximum atomic E-state index is 14.3. The van der Waals surface area contributed by atoms with Gasteiger partial charge in [-0.15, -0.1) is 0 Å². The van der Waals surface area contributed by atoms with Gasteiger partial charge >= 0.3 is 12.2 Å². The van der Waals surface area contributed by atoms with Crippen LogP contribution in [0.15, 0.2) is 96.1 Å². The first-order valence-electron chi connectivity index (χ1n) is 22.5. The van der Waals surface area contributed by atoms with Crippen LogP contribution < -0.4 is 16.0 Å². The summed E-state index contributed by atoms with van der Waals surface area (Å²) in [6.45, 7) is 5.60. The zero-order valence-corrected chi connectivity index (χ0v) is 36.8. The van der Waals surface area contributed by atoms with Crippen molar-refractivity contribution in [2.24, 2.45) is 16.8 Å². The molecule has 332 valence electrons. The van der Waals surface area contributed by atoms with Crippen LogP contribution in [0, 0.1) is 11.8 Å². The molecule has 4 amide bonds. The number of amides is 4. The van der Waals surface area contributed by atoms with Crippen LogP contribution in [0.3, 0.4) is 0 Å². The number of fused-ring (bicyclic) bond motifs is 2. The molecule has 5 aromatic rings. The average Bonchev–Trinajstić information content (AvgIpc) is 4.18. The number of hydrogen-bond donors (Lipinski definition) is 4. The summed E-state index contributed by atoms with van der Waals surface area (Å²) in [5, 5.41) is 11.5. The molecule has 9 rings (SSSR count). The first-order chi connectivity index (χ1) is 31.1. The molecular formula is C50H56N8O6. The molecule has 4 heterocycles. The van der Waals surface area contributed by atoms with E-state index in [-0.39, 0.29) is 41.8 Å². The Kier molecular flexibility index (Phi) is 12.1. The van der Waals surface area contributed by atoms with Crippen molar-refractivity contribution in [3.8, 4) is 22.4 Å². The van der Waals surface area contributed by atoms with Crippen molar-refractivity contribution in [1.82, 2.24) is 35.7 Å². The van der Waals surface area contributed by atoms with Gasteiger partial charge in [0.25, 0.3) is 0 Å². The monoisotopic (exact) mass is 864 g/mol. The topological polar surface area (TPSA) is 170 Å². The number of H-pyrrole nitrogens is 1. The Balaban J connectivity index is 0.837. The van der Waals surface area contributed by atoms with E-state index in [4.69, 9.17) is 19.5 Å². The summed E-state index contributed by atoms with van der Waals surface area (Å²) in [7, 11) is 2.62. The Hall–Kier alpha value is -6.70. The minimum Gasteiger partial charge on any atom is -0.453 e. The molecular weight excluding hydrogens is 809 g/mol. The van der Waals surface area contributed by atoms with Gasteiger partial charge in [-0.05, 0) is 101 Å². The predicted molar refractivity (Wildman–Crippen MR) is 244 cm³/mol. The Morgan fingerprint density at radius 1 is 0.734 bits per heavy atom. The predicted octanol–water partition coefficient (Wildman–Crippen LogP) is 7.11. The molecule has 4 aromatic carbocycles. The second-order valence-corrected chi connectivity index (χ2v) is 17.8. The van der Waals surface area contributed by atoms with Gasteiger partial charge in [-0.2, -0.15) is 0 Å². The molecule has 64 heavy (non-hydrogen) atoms. The first-order valence-corrected chi connectivity index (χ1v) is 22.5. The molecule has 0 spiro atoms. The van der Waals surface area contributed by atoms with E-state index in [1.54, 1.807) is 0 Å². The quantitative estimate of drug-likeness (QED) is 0.109. The number of alkyl carbamates (subject to hydrolysis) is 2. The van der Waals surface area contributed by atoms with Crippen LogP contribution in [0.4, 0.5) is 9.59 Å². The van der Waals surface area contributed by atoms with Gasteiger partial charge in [0.05, 0.1) is 50.8 Å². The van der Waals surface area contributed by atoms with Crippen molar-refractivity contribution >= 4 is 40.6 Å². The number of hydrogen-bond acceptors (Lipinski definition) is 9. The number of amidine groups is 1. The van der Waals surface area contributed by atoms with Gasteiger partial charge in [-0.25, -0.2) is 14.6 Å². The number of imidazole rings is 1. The summed E-state index contributed by atoms with van der Waals surface area (Å²) in [6, 6.07) is 27.9. The standard InChI is InChI=1S/C50H56N8O6/c1-29(2)43(55-49(61)63-3)47(59)57-21-7-11-41(57)46-52-28-40(54-46)37-20-19-35-23-34(17-18-36(35)24-37)30-13-15-31(16-14-30)39-27-51-45(53-39)42-12-8-22-58(42)48(60)44(56-50(62)64-4)38-25-32-9-5-6-10-33(32)26-38/h5-6,9-10,13-20,23-24,28-29,38-39,41-44H,7-8,11-12,21-22,25-27H2,1-4H3,(H,51,53)(H,52,54)(H,55,61)(H,56,62)/t39?,41?,42?,43-,44-/m0/s1. The lowest BCUT2D eigenvalue weighted by Gasteiger charge is -2.32. The molecule has 4 N–H and O–H groups in total. The lowest BCUT2D eigenvalue weighted by atomic mass is 9.95. The molecule has 0 bridgehead atoms. The molecule has 0 saturated carbocycles. The third-order valence-electron chi connectivity index (χ3n) is 13.5. The fourth-order valence-electron chi connectivity index (χ4n) is 10.1. The van der Waals surface area contributed by atoms with Crippen LogP contribution in [0.25, 0.3) is 33.2 Å². The van der Waals surface area contributed by atoms with Gasteiger partial charge in [0.1, 0.15) is 23.7 Å². The molecule has 2 fully saturated rings. The Labute approximate surface area is 373 Å². The molecule has 4 aliphatic rings. The third kappa shape index (κ3) is 8.52. The van der Waals surface area contributed by atoms with Crippen molar-refractivity contribution in [3.63, 3.8) is 0 Å². The van der Waals surface area contributed by atoms with E-state index in [2.05, 4.69) is 93.7 Å². The lowest BCUT2D eigenvalue weighted by molar-refractivity contribution is -0.135. The number of aliphatic imine (C=N–C) groups is 1. The van der Waals surface area contributed by atoms with E-state index in [0.717, 1.165) is 88.9 Å². The van der Waals surface area contributed by atoms with Gasteiger partial charge in [-0.3, -0.25) is 14.6 Å². The number of nitrogens with one attached hydrogen (secondary N) is 4. The number of nitrogens with zero attached hydrogens (tertiary/aromatic N) is 4. The number of aromatic amines is 1.